The van der Waals surface area contributed by atoms with Crippen molar-refractivity contribution in [1.82, 2.24) is 14.8 Å². The van der Waals surface area contributed by atoms with Gasteiger partial charge in [-0.05, 0) is 30.0 Å². The van der Waals surface area contributed by atoms with Crippen LogP contribution < -0.4 is 0 Å². The average molecular weight is 251 g/mol. The van der Waals surface area contributed by atoms with E-state index in [1.807, 2.05) is 0 Å². The molecule has 84 valence electrons. The number of thioether (sulfide) groups is 1. The molecule has 2 aromatic heterocycles. The van der Waals surface area contributed by atoms with Crippen LogP contribution in [0.25, 0.3) is 10.7 Å². The number of hydrogen-bond donors (Lipinski definition) is 0. The number of rotatable bonds is 4. The van der Waals surface area contributed by atoms with Crippen molar-refractivity contribution in [2.75, 3.05) is 5.75 Å². The summed E-state index contributed by atoms with van der Waals surface area (Å²) in [5, 5.41) is 11.8. The van der Waals surface area contributed by atoms with Crippen molar-refractivity contribution in [3.05, 3.63) is 17.5 Å². The fourth-order valence-corrected chi connectivity index (χ4v) is 3.18. The van der Waals surface area contributed by atoms with Crippen molar-refractivity contribution in [3.63, 3.8) is 0 Å². The lowest BCUT2D eigenvalue weighted by Crippen LogP contribution is -1.98. The molecule has 1 fully saturated rings. The first-order valence-corrected chi connectivity index (χ1v) is 7.38. The van der Waals surface area contributed by atoms with Gasteiger partial charge in [0.1, 0.15) is 0 Å². The Bertz CT molecular complexity index is 471. The summed E-state index contributed by atoms with van der Waals surface area (Å²) in [4.78, 5) is 1.22. The van der Waals surface area contributed by atoms with Gasteiger partial charge in [-0.2, -0.15) is 0 Å². The minimum absolute atomic E-state index is 0.640. The number of thiophene rings is 1. The lowest BCUT2D eigenvalue weighted by Gasteiger charge is -2.06. The van der Waals surface area contributed by atoms with Gasteiger partial charge in [0.2, 0.25) is 0 Å². The molecule has 1 aliphatic rings. The Morgan fingerprint density at radius 1 is 1.50 bits per heavy atom. The van der Waals surface area contributed by atoms with Crippen LogP contribution in [0.2, 0.25) is 0 Å². The Kier molecular flexibility index (Phi) is 2.73. The second-order valence-corrected chi connectivity index (χ2v) is 6.00. The van der Waals surface area contributed by atoms with Crippen LogP contribution in [0.3, 0.4) is 0 Å². The van der Waals surface area contributed by atoms with E-state index in [2.05, 4.69) is 39.2 Å². The van der Waals surface area contributed by atoms with E-state index in [9.17, 15) is 0 Å². The summed E-state index contributed by atoms with van der Waals surface area (Å²) in [6.07, 6.45) is 2.54. The SMILES string of the molecule is CCSc1nnc(-c2cccs2)n1C1CC1. The minimum atomic E-state index is 0.640. The molecule has 0 spiro atoms. The van der Waals surface area contributed by atoms with E-state index < -0.39 is 0 Å². The average Bonchev–Trinajstić information content (AvgIpc) is 2.82. The molecule has 1 saturated carbocycles. The van der Waals surface area contributed by atoms with Gasteiger partial charge in [-0.3, -0.25) is 4.57 Å². The van der Waals surface area contributed by atoms with Crippen molar-refractivity contribution < 1.29 is 0 Å². The summed E-state index contributed by atoms with van der Waals surface area (Å²) < 4.78 is 2.32. The maximum atomic E-state index is 4.34. The predicted molar refractivity (Wildman–Crippen MR) is 68.0 cm³/mol. The van der Waals surface area contributed by atoms with Crippen LogP contribution in [0.15, 0.2) is 22.7 Å². The Hall–Kier alpha value is -0.810. The van der Waals surface area contributed by atoms with Gasteiger partial charge in [0, 0.05) is 6.04 Å². The minimum Gasteiger partial charge on any atom is -0.298 e. The van der Waals surface area contributed by atoms with E-state index in [1.54, 1.807) is 23.1 Å². The van der Waals surface area contributed by atoms with E-state index in [0.717, 1.165) is 16.7 Å². The largest absolute Gasteiger partial charge is 0.298 e. The molecule has 0 aliphatic heterocycles. The van der Waals surface area contributed by atoms with Crippen molar-refractivity contribution in [3.8, 4) is 10.7 Å². The molecule has 0 radical (unpaired) electrons. The van der Waals surface area contributed by atoms with Crippen LogP contribution in [-0.4, -0.2) is 20.5 Å². The molecule has 0 unspecified atom stereocenters. The van der Waals surface area contributed by atoms with Crippen molar-refractivity contribution in [2.45, 2.75) is 31.0 Å². The van der Waals surface area contributed by atoms with Crippen LogP contribution >= 0.6 is 23.1 Å². The first-order chi connectivity index (χ1) is 7.90. The van der Waals surface area contributed by atoms with Gasteiger partial charge in [-0.25, -0.2) is 0 Å². The maximum Gasteiger partial charge on any atom is 0.191 e. The zero-order valence-corrected chi connectivity index (χ0v) is 10.7. The molecule has 3 rings (SSSR count). The topological polar surface area (TPSA) is 30.7 Å². The fraction of sp³-hybridized carbons (Fsp3) is 0.455. The Balaban J connectivity index is 2.04. The standard InChI is InChI=1S/C11H13N3S2/c1-2-15-11-13-12-10(9-4-3-7-16-9)14(11)8-5-6-8/h3-4,7-8H,2,5-6H2,1H3. The van der Waals surface area contributed by atoms with E-state index in [0.29, 0.717) is 6.04 Å². The molecule has 5 heteroatoms. The predicted octanol–water partition coefficient (Wildman–Crippen LogP) is 3.45. The molecule has 2 heterocycles. The van der Waals surface area contributed by atoms with Gasteiger partial charge in [0.15, 0.2) is 11.0 Å². The van der Waals surface area contributed by atoms with Crippen LogP contribution in [0, 0.1) is 0 Å². The highest BCUT2D eigenvalue weighted by Gasteiger charge is 2.30. The van der Waals surface area contributed by atoms with Crippen LogP contribution in [0.1, 0.15) is 25.8 Å². The molecule has 2 aromatic rings. The lowest BCUT2D eigenvalue weighted by atomic mass is 10.4. The highest BCUT2D eigenvalue weighted by Crippen LogP contribution is 2.41. The summed E-state index contributed by atoms with van der Waals surface area (Å²) in [7, 11) is 0. The first kappa shape index (κ1) is 10.4. The van der Waals surface area contributed by atoms with Gasteiger partial charge in [-0.1, -0.05) is 24.8 Å². The highest BCUT2D eigenvalue weighted by molar-refractivity contribution is 7.99. The van der Waals surface area contributed by atoms with Gasteiger partial charge < -0.3 is 0 Å². The summed E-state index contributed by atoms with van der Waals surface area (Å²) in [5.74, 6) is 2.10. The fourth-order valence-electron chi connectivity index (χ4n) is 1.74. The Labute approximate surface area is 103 Å². The second kappa shape index (κ2) is 4.22. The third-order valence-electron chi connectivity index (χ3n) is 2.59. The summed E-state index contributed by atoms with van der Waals surface area (Å²) in [5.41, 5.74) is 0. The maximum absolute atomic E-state index is 4.34. The van der Waals surface area contributed by atoms with Crippen LogP contribution in [-0.2, 0) is 0 Å². The van der Waals surface area contributed by atoms with Crippen LogP contribution in [0.4, 0.5) is 0 Å². The summed E-state index contributed by atoms with van der Waals surface area (Å²) >= 11 is 3.52. The van der Waals surface area contributed by atoms with Gasteiger partial charge in [0.25, 0.3) is 0 Å². The van der Waals surface area contributed by atoms with E-state index in [-0.39, 0.29) is 0 Å². The number of nitrogens with zero attached hydrogens (tertiary/aromatic N) is 3. The lowest BCUT2D eigenvalue weighted by molar-refractivity contribution is 0.670. The van der Waals surface area contributed by atoms with Gasteiger partial charge in [-0.15, -0.1) is 21.5 Å². The molecular weight excluding hydrogens is 238 g/mol. The molecule has 0 bridgehead atoms. The van der Waals surface area contributed by atoms with E-state index in [4.69, 9.17) is 0 Å². The van der Waals surface area contributed by atoms with Crippen molar-refractivity contribution in [2.24, 2.45) is 0 Å². The first-order valence-electron chi connectivity index (χ1n) is 5.51. The Morgan fingerprint density at radius 3 is 3.00 bits per heavy atom. The van der Waals surface area contributed by atoms with E-state index in [1.165, 1.54) is 17.7 Å². The molecule has 0 saturated heterocycles. The highest BCUT2D eigenvalue weighted by atomic mass is 32.2. The molecular formula is C11H13N3S2. The number of aromatic nitrogens is 3. The van der Waals surface area contributed by atoms with Crippen molar-refractivity contribution >= 4 is 23.1 Å². The Morgan fingerprint density at radius 2 is 2.38 bits per heavy atom. The normalized spacial score (nSPS) is 15.6. The number of hydrogen-bond acceptors (Lipinski definition) is 4. The van der Waals surface area contributed by atoms with Gasteiger partial charge in [0.05, 0.1) is 4.88 Å². The molecule has 1 aliphatic carbocycles. The second-order valence-electron chi connectivity index (χ2n) is 3.82. The van der Waals surface area contributed by atoms with Gasteiger partial charge >= 0.3 is 0 Å². The molecule has 0 amide bonds. The monoisotopic (exact) mass is 251 g/mol. The summed E-state index contributed by atoms with van der Waals surface area (Å²) in [6, 6.07) is 4.83. The molecule has 0 aromatic carbocycles. The van der Waals surface area contributed by atoms with Crippen molar-refractivity contribution in [1.29, 1.82) is 0 Å². The molecule has 16 heavy (non-hydrogen) atoms. The van der Waals surface area contributed by atoms with Crippen LogP contribution in [0.5, 0.6) is 0 Å². The molecule has 3 nitrogen and oxygen atoms in total. The zero-order chi connectivity index (χ0) is 11.0. The van der Waals surface area contributed by atoms with E-state index >= 15 is 0 Å². The third kappa shape index (κ3) is 1.78. The smallest absolute Gasteiger partial charge is 0.191 e. The third-order valence-corrected chi connectivity index (χ3v) is 4.28. The quantitative estimate of drug-likeness (QED) is 0.780. The zero-order valence-electron chi connectivity index (χ0n) is 9.09. The molecule has 0 atom stereocenters. The summed E-state index contributed by atoms with van der Waals surface area (Å²) in [6.45, 7) is 2.15. The molecule has 0 N–H and O–H groups in total.